The Morgan fingerprint density at radius 1 is 1.26 bits per heavy atom. The topological polar surface area (TPSA) is 61.9 Å². The molecule has 0 fully saturated rings. The third-order valence-corrected chi connectivity index (χ3v) is 3.32. The number of aromatic nitrogens is 2. The van der Waals surface area contributed by atoms with Gasteiger partial charge in [0.2, 0.25) is 5.95 Å². The zero-order valence-corrected chi connectivity index (χ0v) is 12.4. The molecule has 2 heterocycles. The minimum Gasteiger partial charge on any atom is -0.370 e. The highest BCUT2D eigenvalue weighted by Crippen LogP contribution is 2.23. The fourth-order valence-corrected chi connectivity index (χ4v) is 2.16. The van der Waals surface area contributed by atoms with Crippen LogP contribution in [0.25, 0.3) is 0 Å². The van der Waals surface area contributed by atoms with E-state index >= 15 is 0 Å². The summed E-state index contributed by atoms with van der Waals surface area (Å²) in [6, 6.07) is 0. The molecule has 0 spiro atoms. The van der Waals surface area contributed by atoms with Crippen LogP contribution in [0.15, 0.2) is 0 Å². The quantitative estimate of drug-likeness (QED) is 0.775. The molecule has 0 bridgehead atoms. The van der Waals surface area contributed by atoms with E-state index in [1.165, 1.54) is 5.56 Å². The molecule has 5 heteroatoms. The summed E-state index contributed by atoms with van der Waals surface area (Å²) in [7, 11) is 1.86. The standard InChI is InChI=1S/C14H25N5/c1-14(2,3)6-8-17-12-10-9-16-7-5-11(10)18-13(15-4)19-12/h16H,5-9H2,1-4H3,(H2,15,17,18,19). The minimum absolute atomic E-state index is 0.337. The molecule has 0 unspecified atom stereocenters. The molecule has 0 radical (unpaired) electrons. The van der Waals surface area contributed by atoms with Crippen LogP contribution in [0.5, 0.6) is 0 Å². The molecule has 5 nitrogen and oxygen atoms in total. The fourth-order valence-electron chi connectivity index (χ4n) is 2.16. The van der Waals surface area contributed by atoms with E-state index in [4.69, 9.17) is 0 Å². The molecule has 0 saturated carbocycles. The Balaban J connectivity index is 2.14. The first kappa shape index (κ1) is 14.1. The molecular formula is C14H25N5. The van der Waals surface area contributed by atoms with Crippen molar-refractivity contribution in [3.8, 4) is 0 Å². The normalized spacial score (nSPS) is 14.9. The van der Waals surface area contributed by atoms with Crippen LogP contribution < -0.4 is 16.0 Å². The van der Waals surface area contributed by atoms with Gasteiger partial charge in [-0.15, -0.1) is 0 Å². The van der Waals surface area contributed by atoms with Crippen LogP contribution in [0.1, 0.15) is 38.4 Å². The van der Waals surface area contributed by atoms with Crippen LogP contribution >= 0.6 is 0 Å². The van der Waals surface area contributed by atoms with Gasteiger partial charge in [-0.3, -0.25) is 0 Å². The second-order valence-corrected chi connectivity index (χ2v) is 6.24. The summed E-state index contributed by atoms with van der Waals surface area (Å²) in [6.45, 7) is 9.56. The van der Waals surface area contributed by atoms with Crippen LogP contribution in [0.3, 0.4) is 0 Å². The van der Waals surface area contributed by atoms with Crippen molar-refractivity contribution in [2.75, 3.05) is 30.8 Å². The van der Waals surface area contributed by atoms with Gasteiger partial charge in [-0.2, -0.15) is 4.98 Å². The summed E-state index contributed by atoms with van der Waals surface area (Å²) in [5, 5.41) is 9.90. The van der Waals surface area contributed by atoms with E-state index in [2.05, 4.69) is 46.7 Å². The summed E-state index contributed by atoms with van der Waals surface area (Å²) >= 11 is 0. The molecule has 0 atom stereocenters. The van der Waals surface area contributed by atoms with E-state index in [0.29, 0.717) is 11.4 Å². The molecule has 0 saturated heterocycles. The lowest BCUT2D eigenvalue weighted by Gasteiger charge is -2.22. The number of rotatable bonds is 4. The summed E-state index contributed by atoms with van der Waals surface area (Å²) in [4.78, 5) is 9.10. The molecule has 1 aliphatic rings. The molecule has 0 aliphatic carbocycles. The molecule has 1 aliphatic heterocycles. The highest BCUT2D eigenvalue weighted by molar-refractivity contribution is 5.51. The SMILES string of the molecule is CNc1nc2c(c(NCCC(C)(C)C)n1)CNCC2. The molecule has 1 aromatic rings. The van der Waals surface area contributed by atoms with Gasteiger partial charge in [0.05, 0.1) is 5.69 Å². The van der Waals surface area contributed by atoms with Gasteiger partial charge < -0.3 is 16.0 Å². The van der Waals surface area contributed by atoms with E-state index in [-0.39, 0.29) is 0 Å². The van der Waals surface area contributed by atoms with Crippen LogP contribution in [0, 0.1) is 5.41 Å². The lowest BCUT2D eigenvalue weighted by Crippen LogP contribution is -2.27. The van der Waals surface area contributed by atoms with Crippen molar-refractivity contribution in [3.63, 3.8) is 0 Å². The number of nitrogens with one attached hydrogen (secondary N) is 3. The van der Waals surface area contributed by atoms with Crippen LogP contribution in [-0.4, -0.2) is 30.1 Å². The lowest BCUT2D eigenvalue weighted by molar-refractivity contribution is 0.389. The molecule has 106 valence electrons. The smallest absolute Gasteiger partial charge is 0.224 e. The molecule has 2 rings (SSSR count). The van der Waals surface area contributed by atoms with Crippen molar-refractivity contribution < 1.29 is 0 Å². The summed E-state index contributed by atoms with van der Waals surface area (Å²) in [6.07, 6.45) is 2.09. The highest BCUT2D eigenvalue weighted by atomic mass is 15.1. The van der Waals surface area contributed by atoms with Gasteiger partial charge in [0, 0.05) is 38.7 Å². The van der Waals surface area contributed by atoms with E-state index < -0.39 is 0 Å². The van der Waals surface area contributed by atoms with Crippen molar-refractivity contribution in [3.05, 3.63) is 11.3 Å². The predicted octanol–water partition coefficient (Wildman–Crippen LogP) is 2.01. The first-order chi connectivity index (χ1) is 8.99. The van der Waals surface area contributed by atoms with Gasteiger partial charge in [-0.25, -0.2) is 4.98 Å². The van der Waals surface area contributed by atoms with E-state index in [0.717, 1.165) is 44.0 Å². The first-order valence-corrected chi connectivity index (χ1v) is 7.02. The lowest BCUT2D eigenvalue weighted by atomic mass is 9.92. The highest BCUT2D eigenvalue weighted by Gasteiger charge is 2.17. The van der Waals surface area contributed by atoms with Gasteiger partial charge in [-0.1, -0.05) is 20.8 Å². The van der Waals surface area contributed by atoms with Crippen LogP contribution in [0.2, 0.25) is 0 Å². The summed E-state index contributed by atoms with van der Waals surface area (Å²) < 4.78 is 0. The van der Waals surface area contributed by atoms with Crippen LogP contribution in [-0.2, 0) is 13.0 Å². The Morgan fingerprint density at radius 2 is 2.05 bits per heavy atom. The number of hydrogen-bond acceptors (Lipinski definition) is 5. The summed E-state index contributed by atoms with van der Waals surface area (Å²) in [5.41, 5.74) is 2.72. The average molecular weight is 263 g/mol. The Kier molecular flexibility index (Phi) is 4.24. The molecule has 19 heavy (non-hydrogen) atoms. The Labute approximate surface area is 115 Å². The number of fused-ring (bicyclic) bond motifs is 1. The third-order valence-electron chi connectivity index (χ3n) is 3.32. The zero-order chi connectivity index (χ0) is 13.9. The van der Waals surface area contributed by atoms with Crippen molar-refractivity contribution in [2.45, 2.75) is 40.2 Å². The minimum atomic E-state index is 0.337. The second-order valence-electron chi connectivity index (χ2n) is 6.24. The maximum absolute atomic E-state index is 4.55. The zero-order valence-electron chi connectivity index (χ0n) is 12.4. The van der Waals surface area contributed by atoms with Crippen molar-refractivity contribution in [2.24, 2.45) is 5.41 Å². The third kappa shape index (κ3) is 3.80. The maximum atomic E-state index is 4.55. The van der Waals surface area contributed by atoms with Gasteiger partial charge >= 0.3 is 0 Å². The summed E-state index contributed by atoms with van der Waals surface area (Å²) in [5.74, 6) is 1.68. The average Bonchev–Trinajstić information content (AvgIpc) is 2.37. The monoisotopic (exact) mass is 263 g/mol. The molecular weight excluding hydrogens is 238 g/mol. The van der Waals surface area contributed by atoms with E-state index in [1.54, 1.807) is 0 Å². The van der Waals surface area contributed by atoms with E-state index in [9.17, 15) is 0 Å². The van der Waals surface area contributed by atoms with Crippen LogP contribution in [0.4, 0.5) is 11.8 Å². The van der Waals surface area contributed by atoms with Gasteiger partial charge in [-0.05, 0) is 11.8 Å². The molecule has 1 aromatic heterocycles. The Bertz CT molecular complexity index is 436. The van der Waals surface area contributed by atoms with Gasteiger partial charge in [0.1, 0.15) is 5.82 Å². The van der Waals surface area contributed by atoms with Gasteiger partial charge in [0.25, 0.3) is 0 Å². The number of anilines is 2. The fraction of sp³-hybridized carbons (Fsp3) is 0.714. The predicted molar refractivity (Wildman–Crippen MR) is 79.6 cm³/mol. The van der Waals surface area contributed by atoms with Gasteiger partial charge in [0.15, 0.2) is 0 Å². The first-order valence-electron chi connectivity index (χ1n) is 7.02. The Hall–Kier alpha value is -1.36. The Morgan fingerprint density at radius 3 is 2.74 bits per heavy atom. The van der Waals surface area contributed by atoms with Crippen molar-refractivity contribution in [1.29, 1.82) is 0 Å². The van der Waals surface area contributed by atoms with E-state index in [1.807, 2.05) is 7.05 Å². The van der Waals surface area contributed by atoms with Crippen molar-refractivity contribution in [1.82, 2.24) is 15.3 Å². The molecule has 0 aromatic carbocycles. The molecule has 3 N–H and O–H groups in total. The second kappa shape index (κ2) is 5.74. The largest absolute Gasteiger partial charge is 0.370 e. The maximum Gasteiger partial charge on any atom is 0.224 e. The number of hydrogen-bond donors (Lipinski definition) is 3. The number of nitrogens with zero attached hydrogens (tertiary/aromatic N) is 2. The molecule has 0 amide bonds. The van der Waals surface area contributed by atoms with Crippen molar-refractivity contribution >= 4 is 11.8 Å².